The summed E-state index contributed by atoms with van der Waals surface area (Å²) < 4.78 is 0. The minimum Gasteiger partial charge on any atom is -0.306 e. The Balaban J connectivity index is 1.74. The minimum atomic E-state index is 0.119. The molecule has 5 heteroatoms. The molecule has 0 spiro atoms. The van der Waals surface area contributed by atoms with Gasteiger partial charge in [-0.25, -0.2) is 0 Å². The summed E-state index contributed by atoms with van der Waals surface area (Å²) in [5, 5.41) is 14.3. The lowest BCUT2D eigenvalue weighted by Crippen LogP contribution is -2.35. The quantitative estimate of drug-likeness (QED) is 0.930. The molecule has 0 bridgehead atoms. The van der Waals surface area contributed by atoms with Crippen LogP contribution in [-0.2, 0) is 19.4 Å². The van der Waals surface area contributed by atoms with Crippen molar-refractivity contribution in [3.05, 3.63) is 21.5 Å². The predicted molar refractivity (Wildman–Crippen MR) is 86.5 cm³/mol. The predicted octanol–water partition coefficient (Wildman–Crippen LogP) is 4.03. The molecule has 0 atom stereocenters. The maximum absolute atomic E-state index is 4.37. The first-order valence-electron chi connectivity index (χ1n) is 7.21. The monoisotopic (exact) mass is 307 g/mol. The van der Waals surface area contributed by atoms with Crippen LogP contribution < -0.4 is 5.32 Å². The summed E-state index contributed by atoms with van der Waals surface area (Å²) in [6, 6.07) is 2.33. The summed E-state index contributed by atoms with van der Waals surface area (Å²) in [6.07, 6.45) is 5.16. The van der Waals surface area contributed by atoms with Crippen molar-refractivity contribution in [2.45, 2.75) is 58.5 Å². The summed E-state index contributed by atoms with van der Waals surface area (Å²) in [6.45, 7) is 7.30. The largest absolute Gasteiger partial charge is 0.306 e. The molecule has 3 nitrogen and oxygen atoms in total. The number of aryl methyl sites for hydroxylation is 2. The highest BCUT2D eigenvalue weighted by Crippen LogP contribution is 2.36. The van der Waals surface area contributed by atoms with Crippen molar-refractivity contribution in [2.75, 3.05) is 0 Å². The first kappa shape index (κ1) is 14.2. The van der Waals surface area contributed by atoms with Gasteiger partial charge in [-0.3, -0.25) is 0 Å². The summed E-state index contributed by atoms with van der Waals surface area (Å²) in [5.41, 5.74) is 1.66. The van der Waals surface area contributed by atoms with Crippen LogP contribution in [0, 0.1) is 0 Å². The molecule has 0 saturated carbocycles. The second-order valence-corrected chi connectivity index (χ2v) is 8.57. The van der Waals surface area contributed by atoms with E-state index in [9.17, 15) is 0 Å². The van der Waals surface area contributed by atoms with E-state index in [1.807, 2.05) is 11.3 Å². The highest BCUT2D eigenvalue weighted by atomic mass is 32.1. The summed E-state index contributed by atoms with van der Waals surface area (Å²) in [4.78, 5) is 2.87. The normalized spacial score (nSPS) is 15.3. The molecule has 1 aliphatic rings. The number of hydrogen-bond donors (Lipinski definition) is 1. The molecular weight excluding hydrogens is 286 g/mol. The number of aromatic nitrogens is 2. The zero-order chi connectivity index (χ0) is 14.2. The van der Waals surface area contributed by atoms with Gasteiger partial charge in [0.2, 0.25) is 0 Å². The Morgan fingerprint density at radius 2 is 1.95 bits per heavy atom. The first-order valence-corrected chi connectivity index (χ1v) is 8.84. The fourth-order valence-electron chi connectivity index (χ4n) is 2.36. The van der Waals surface area contributed by atoms with Crippen molar-refractivity contribution < 1.29 is 0 Å². The molecule has 0 fully saturated rings. The Kier molecular flexibility index (Phi) is 3.93. The second kappa shape index (κ2) is 5.54. The van der Waals surface area contributed by atoms with Gasteiger partial charge in [0.25, 0.3) is 0 Å². The van der Waals surface area contributed by atoms with Gasteiger partial charge in [0, 0.05) is 10.4 Å². The molecule has 0 saturated heterocycles. The first-order chi connectivity index (χ1) is 9.51. The molecule has 3 rings (SSSR count). The molecule has 0 unspecified atom stereocenters. The van der Waals surface area contributed by atoms with E-state index in [-0.39, 0.29) is 5.54 Å². The molecule has 1 N–H and O–H groups in total. The number of nitrogens with zero attached hydrogens (tertiary/aromatic N) is 2. The van der Waals surface area contributed by atoms with Crippen LogP contribution in [0.1, 0.15) is 49.1 Å². The van der Waals surface area contributed by atoms with Crippen LogP contribution in [0.15, 0.2) is 6.07 Å². The molecule has 108 valence electrons. The standard InChI is InChI=1S/C15H21N3S2/c1-15(2,3)16-9-13-17-18-14(20-13)12-8-10-6-4-5-7-11(10)19-12/h8,16H,4-7,9H2,1-3H3. The molecular formula is C15H21N3S2. The Labute approximate surface area is 128 Å². The van der Waals surface area contributed by atoms with Crippen LogP contribution in [0.3, 0.4) is 0 Å². The molecule has 0 aliphatic heterocycles. The van der Waals surface area contributed by atoms with Gasteiger partial charge in [-0.15, -0.1) is 21.5 Å². The van der Waals surface area contributed by atoms with Crippen LogP contribution >= 0.6 is 22.7 Å². The number of thiophene rings is 1. The summed E-state index contributed by atoms with van der Waals surface area (Å²) in [5.74, 6) is 0. The van der Waals surface area contributed by atoms with E-state index < -0.39 is 0 Å². The topological polar surface area (TPSA) is 37.8 Å². The van der Waals surface area contributed by atoms with Gasteiger partial charge in [-0.05, 0) is 58.1 Å². The molecule has 2 aromatic heterocycles. The van der Waals surface area contributed by atoms with E-state index in [2.05, 4.69) is 42.4 Å². The van der Waals surface area contributed by atoms with Gasteiger partial charge < -0.3 is 5.32 Å². The Morgan fingerprint density at radius 1 is 1.15 bits per heavy atom. The highest BCUT2D eigenvalue weighted by molar-refractivity contribution is 7.21. The highest BCUT2D eigenvalue weighted by Gasteiger charge is 2.17. The molecule has 1 aliphatic carbocycles. The smallest absolute Gasteiger partial charge is 0.157 e. The van der Waals surface area contributed by atoms with Crippen LogP contribution in [0.2, 0.25) is 0 Å². The lowest BCUT2D eigenvalue weighted by molar-refractivity contribution is 0.423. The summed E-state index contributed by atoms with van der Waals surface area (Å²) >= 11 is 3.63. The third-order valence-electron chi connectivity index (χ3n) is 3.44. The number of nitrogens with one attached hydrogen (secondary N) is 1. The van der Waals surface area contributed by atoms with E-state index in [1.165, 1.54) is 30.6 Å². The second-order valence-electron chi connectivity index (χ2n) is 6.37. The minimum absolute atomic E-state index is 0.119. The van der Waals surface area contributed by atoms with Crippen molar-refractivity contribution in [1.82, 2.24) is 15.5 Å². The van der Waals surface area contributed by atoms with E-state index in [0.29, 0.717) is 0 Å². The van der Waals surface area contributed by atoms with Crippen molar-refractivity contribution in [3.63, 3.8) is 0 Å². The fourth-order valence-corrected chi connectivity index (χ4v) is 4.44. The molecule has 2 heterocycles. The third kappa shape index (κ3) is 3.27. The van der Waals surface area contributed by atoms with E-state index in [0.717, 1.165) is 16.6 Å². The molecule has 20 heavy (non-hydrogen) atoms. The Bertz CT molecular complexity index is 569. The van der Waals surface area contributed by atoms with Crippen LogP contribution in [0.25, 0.3) is 9.88 Å². The number of rotatable bonds is 3. The average molecular weight is 307 g/mol. The lowest BCUT2D eigenvalue weighted by atomic mass is 9.99. The maximum atomic E-state index is 4.37. The molecule has 0 aromatic carbocycles. The van der Waals surface area contributed by atoms with Crippen molar-refractivity contribution in [2.24, 2.45) is 0 Å². The Morgan fingerprint density at radius 3 is 2.70 bits per heavy atom. The summed E-state index contributed by atoms with van der Waals surface area (Å²) in [7, 11) is 0. The van der Waals surface area contributed by atoms with E-state index >= 15 is 0 Å². The SMILES string of the molecule is CC(C)(C)NCc1nnc(-c2cc3c(s2)CCCC3)s1. The van der Waals surface area contributed by atoms with Gasteiger partial charge in [0.05, 0.1) is 11.4 Å². The fraction of sp³-hybridized carbons (Fsp3) is 0.600. The van der Waals surface area contributed by atoms with Crippen molar-refractivity contribution >= 4 is 22.7 Å². The van der Waals surface area contributed by atoms with Gasteiger partial charge in [-0.1, -0.05) is 11.3 Å². The molecule has 0 amide bonds. The molecule has 0 radical (unpaired) electrons. The average Bonchev–Trinajstić information content (AvgIpc) is 3.01. The van der Waals surface area contributed by atoms with Crippen molar-refractivity contribution in [1.29, 1.82) is 0 Å². The zero-order valence-corrected chi connectivity index (χ0v) is 14.0. The van der Waals surface area contributed by atoms with Crippen LogP contribution in [0.4, 0.5) is 0 Å². The van der Waals surface area contributed by atoms with Crippen LogP contribution in [-0.4, -0.2) is 15.7 Å². The van der Waals surface area contributed by atoms with Crippen LogP contribution in [0.5, 0.6) is 0 Å². The van der Waals surface area contributed by atoms with Gasteiger partial charge >= 0.3 is 0 Å². The van der Waals surface area contributed by atoms with Gasteiger partial charge in [0.1, 0.15) is 5.01 Å². The van der Waals surface area contributed by atoms with Gasteiger partial charge in [-0.2, -0.15) is 0 Å². The number of fused-ring (bicyclic) bond motifs is 1. The van der Waals surface area contributed by atoms with E-state index in [4.69, 9.17) is 0 Å². The Hall–Kier alpha value is -0.780. The third-order valence-corrected chi connectivity index (χ3v) is 5.77. The van der Waals surface area contributed by atoms with Gasteiger partial charge in [0.15, 0.2) is 5.01 Å². The van der Waals surface area contributed by atoms with Crippen molar-refractivity contribution in [3.8, 4) is 9.88 Å². The zero-order valence-electron chi connectivity index (χ0n) is 12.3. The maximum Gasteiger partial charge on any atom is 0.157 e. The number of hydrogen-bond acceptors (Lipinski definition) is 5. The van der Waals surface area contributed by atoms with E-state index in [1.54, 1.807) is 21.8 Å². The lowest BCUT2D eigenvalue weighted by Gasteiger charge is -2.19. The molecule has 2 aromatic rings.